The van der Waals surface area contributed by atoms with Crippen LogP contribution >= 0.6 is 0 Å². The third kappa shape index (κ3) is 10.9. The molecule has 0 radical (unpaired) electrons. The molecule has 0 heterocycles. The molecular weight excluding hydrogens is 785 g/mol. The first-order valence-electron chi connectivity index (χ1n) is 23.1. The number of para-hydroxylation sites is 1. The van der Waals surface area contributed by atoms with Gasteiger partial charge in [0.1, 0.15) is 0 Å². The summed E-state index contributed by atoms with van der Waals surface area (Å²) >= 11 is 0. The topological polar surface area (TPSA) is 6.48 Å². The lowest BCUT2D eigenvalue weighted by Gasteiger charge is -2.29. The first-order chi connectivity index (χ1) is 31.9. The van der Waals surface area contributed by atoms with Crippen molar-refractivity contribution in [2.75, 3.05) is 9.80 Å². The first-order valence-corrected chi connectivity index (χ1v) is 23.1. The normalized spacial score (nSPS) is 11.0. The summed E-state index contributed by atoms with van der Waals surface area (Å²) in [5.74, 6) is 0. The van der Waals surface area contributed by atoms with Gasteiger partial charge in [0.25, 0.3) is 0 Å². The molecule has 0 atom stereocenters. The number of aryl methyl sites for hydroxylation is 1. The van der Waals surface area contributed by atoms with E-state index in [1.165, 1.54) is 66.7 Å². The van der Waals surface area contributed by atoms with E-state index in [0.717, 1.165) is 29.1 Å². The fraction of sp³-hybridized carbons (Fsp3) is 0.143. The van der Waals surface area contributed by atoms with Crippen molar-refractivity contribution < 1.29 is 0 Å². The summed E-state index contributed by atoms with van der Waals surface area (Å²) in [4.78, 5) is 4.71. The summed E-state index contributed by atoms with van der Waals surface area (Å²) < 4.78 is 0. The lowest BCUT2D eigenvalue weighted by Crippen LogP contribution is -2.25. The van der Waals surface area contributed by atoms with Gasteiger partial charge in [0, 0.05) is 34.5 Å². The molecule has 0 amide bonds. The van der Waals surface area contributed by atoms with Crippen molar-refractivity contribution in [2.24, 2.45) is 0 Å². The van der Waals surface area contributed by atoms with Gasteiger partial charge in [0.15, 0.2) is 0 Å². The van der Waals surface area contributed by atoms with Gasteiger partial charge < -0.3 is 9.80 Å². The molecule has 8 rings (SSSR count). The van der Waals surface area contributed by atoms with Crippen molar-refractivity contribution in [3.8, 4) is 44.5 Å². The van der Waals surface area contributed by atoms with Crippen LogP contribution in [0.25, 0.3) is 55.3 Å². The standard InChI is InChI=1S/C57H50N2.C4H8.C2H6/c1-6-8-26-47(7-2)59(51-29-20-21-42(5)40-51)50-38-34-46(35-39-50)55-53-31-19-18-30-52(53)54(56(43-22-12-9-13-23-43)57(55)44-24-14-10-15-25-44)45-32-36-49(37-33-45)58(41(3)4)48-27-16-11-17-28-48;1-3-4-2;1-2/h6-41H,1H2,2-5H3;3H,1,4H2,2H3;1-2H3/b26-8-,47-7+;;. The van der Waals surface area contributed by atoms with Crippen LogP contribution in [0.3, 0.4) is 0 Å². The minimum absolute atomic E-state index is 0.288. The van der Waals surface area contributed by atoms with E-state index in [9.17, 15) is 0 Å². The van der Waals surface area contributed by atoms with E-state index >= 15 is 0 Å². The monoisotopic (exact) mass is 849 g/mol. The van der Waals surface area contributed by atoms with Crippen LogP contribution in [0.4, 0.5) is 22.7 Å². The summed E-state index contributed by atoms with van der Waals surface area (Å²) in [6.45, 7) is 22.2. The highest BCUT2D eigenvalue weighted by atomic mass is 15.2. The van der Waals surface area contributed by atoms with Gasteiger partial charge in [0.05, 0.1) is 0 Å². The lowest BCUT2D eigenvalue weighted by atomic mass is 9.79. The zero-order valence-electron chi connectivity index (χ0n) is 39.4. The number of hydrogen-bond acceptors (Lipinski definition) is 2. The Morgan fingerprint density at radius 1 is 0.508 bits per heavy atom. The molecule has 0 fully saturated rings. The molecule has 65 heavy (non-hydrogen) atoms. The molecule has 0 aliphatic heterocycles. The van der Waals surface area contributed by atoms with Crippen LogP contribution in [0.15, 0.2) is 237 Å². The number of allylic oxidation sites excluding steroid dienone is 5. The fourth-order valence-electron chi connectivity index (χ4n) is 8.41. The second-order valence-corrected chi connectivity index (χ2v) is 15.9. The number of rotatable bonds is 13. The highest BCUT2D eigenvalue weighted by molar-refractivity contribution is 6.18. The summed E-state index contributed by atoms with van der Waals surface area (Å²) in [5.41, 5.74) is 16.4. The van der Waals surface area contributed by atoms with Crippen LogP contribution < -0.4 is 9.80 Å². The number of anilines is 4. The quantitative estimate of drug-likeness (QED) is 0.0842. The maximum Gasteiger partial charge on any atom is 0.0464 e. The van der Waals surface area contributed by atoms with Crippen molar-refractivity contribution in [1.82, 2.24) is 0 Å². The summed E-state index contributed by atoms with van der Waals surface area (Å²) in [6, 6.07) is 68.7. The molecule has 0 aromatic heterocycles. The molecule has 0 unspecified atom stereocenters. The average molecular weight is 849 g/mol. The Kier molecular flexibility index (Phi) is 16.9. The van der Waals surface area contributed by atoms with Gasteiger partial charge in [-0.25, -0.2) is 0 Å². The van der Waals surface area contributed by atoms with Crippen molar-refractivity contribution in [2.45, 2.75) is 60.9 Å². The SMILES string of the molecule is C=C/C=C\C(=C/C)N(c1ccc(-c2c(-c3ccccc3)c(-c3ccccc3)c(-c3ccc(N(c4ccccc4)C(C)C)cc3)c3ccccc23)cc1)c1cccc(C)c1.C=CCC.CC. The fourth-order valence-corrected chi connectivity index (χ4v) is 8.41. The Labute approximate surface area is 389 Å². The predicted molar refractivity (Wildman–Crippen MR) is 288 cm³/mol. The second-order valence-electron chi connectivity index (χ2n) is 15.9. The molecule has 0 aliphatic carbocycles. The third-order valence-corrected chi connectivity index (χ3v) is 11.2. The Morgan fingerprint density at radius 2 is 0.923 bits per heavy atom. The van der Waals surface area contributed by atoms with Crippen molar-refractivity contribution in [3.05, 3.63) is 243 Å². The molecule has 0 spiro atoms. The maximum atomic E-state index is 3.94. The van der Waals surface area contributed by atoms with Crippen molar-refractivity contribution in [3.63, 3.8) is 0 Å². The molecule has 0 bridgehead atoms. The molecule has 0 saturated carbocycles. The van der Waals surface area contributed by atoms with Gasteiger partial charge in [0.2, 0.25) is 0 Å². The van der Waals surface area contributed by atoms with Gasteiger partial charge in [-0.2, -0.15) is 0 Å². The number of fused-ring (bicyclic) bond motifs is 1. The molecule has 8 aromatic rings. The minimum Gasteiger partial charge on any atom is -0.339 e. The third-order valence-electron chi connectivity index (χ3n) is 11.2. The van der Waals surface area contributed by atoms with Crippen LogP contribution in [0, 0.1) is 6.92 Å². The second kappa shape index (κ2) is 23.3. The number of hydrogen-bond donors (Lipinski definition) is 0. The number of benzene rings is 8. The van der Waals surface area contributed by atoms with Gasteiger partial charge in [-0.05, 0) is 150 Å². The van der Waals surface area contributed by atoms with Crippen LogP contribution in [-0.4, -0.2) is 6.04 Å². The van der Waals surface area contributed by atoms with Crippen LogP contribution in [0.2, 0.25) is 0 Å². The Bertz CT molecular complexity index is 2810. The Morgan fingerprint density at radius 3 is 1.35 bits per heavy atom. The van der Waals surface area contributed by atoms with Gasteiger partial charge in [-0.3, -0.25) is 0 Å². The van der Waals surface area contributed by atoms with Gasteiger partial charge in [-0.15, -0.1) is 6.58 Å². The van der Waals surface area contributed by atoms with Crippen molar-refractivity contribution in [1.29, 1.82) is 0 Å². The first kappa shape index (κ1) is 47.1. The zero-order valence-corrected chi connectivity index (χ0v) is 39.4. The summed E-state index contributed by atoms with van der Waals surface area (Å²) in [6.07, 6.45) is 11.0. The van der Waals surface area contributed by atoms with E-state index in [-0.39, 0.29) is 6.04 Å². The minimum atomic E-state index is 0.288. The highest BCUT2D eigenvalue weighted by Gasteiger charge is 2.25. The zero-order chi connectivity index (χ0) is 46.1. The van der Waals surface area contributed by atoms with Crippen LogP contribution in [0.1, 0.15) is 53.5 Å². The molecule has 2 heteroatoms. The molecule has 326 valence electrons. The van der Waals surface area contributed by atoms with E-state index in [1.807, 2.05) is 32.1 Å². The Hall–Kier alpha value is -7.42. The van der Waals surface area contributed by atoms with E-state index < -0.39 is 0 Å². The molecule has 0 saturated heterocycles. The average Bonchev–Trinajstić information content (AvgIpc) is 3.36. The smallest absolute Gasteiger partial charge is 0.0464 e. The van der Waals surface area contributed by atoms with E-state index in [2.05, 4.69) is 258 Å². The van der Waals surface area contributed by atoms with Crippen LogP contribution in [-0.2, 0) is 0 Å². The maximum absolute atomic E-state index is 3.94. The molecule has 2 nitrogen and oxygen atoms in total. The van der Waals surface area contributed by atoms with Gasteiger partial charge in [-0.1, -0.05) is 191 Å². The van der Waals surface area contributed by atoms with E-state index in [1.54, 1.807) is 0 Å². The molecule has 0 aliphatic rings. The summed E-state index contributed by atoms with van der Waals surface area (Å²) in [5, 5.41) is 2.43. The summed E-state index contributed by atoms with van der Waals surface area (Å²) in [7, 11) is 0. The van der Waals surface area contributed by atoms with Gasteiger partial charge >= 0.3 is 0 Å². The highest BCUT2D eigenvalue weighted by Crippen LogP contribution is 2.51. The lowest BCUT2D eigenvalue weighted by molar-refractivity contribution is 0.789. The van der Waals surface area contributed by atoms with E-state index in [0.29, 0.717) is 0 Å². The largest absolute Gasteiger partial charge is 0.339 e. The van der Waals surface area contributed by atoms with Crippen LogP contribution in [0.5, 0.6) is 0 Å². The number of nitrogens with zero attached hydrogens (tertiary/aromatic N) is 2. The Balaban J connectivity index is 0.00000111. The van der Waals surface area contributed by atoms with Crippen molar-refractivity contribution >= 4 is 33.5 Å². The van der Waals surface area contributed by atoms with E-state index in [4.69, 9.17) is 0 Å². The molecule has 0 N–H and O–H groups in total. The molecule has 8 aromatic carbocycles. The molecular formula is C63H64N2. The predicted octanol–water partition coefficient (Wildman–Crippen LogP) is 18.8.